The van der Waals surface area contributed by atoms with Gasteiger partial charge in [0.1, 0.15) is 5.75 Å². The number of benzene rings is 4. The highest BCUT2D eigenvalue weighted by molar-refractivity contribution is 7.92. The molecule has 0 radical (unpaired) electrons. The lowest BCUT2D eigenvalue weighted by Gasteiger charge is -2.31. The molecule has 0 saturated heterocycles. The molecule has 0 spiro atoms. The summed E-state index contributed by atoms with van der Waals surface area (Å²) in [4.78, 5) is 13.1. The van der Waals surface area contributed by atoms with E-state index in [9.17, 15) is 13.2 Å². The van der Waals surface area contributed by atoms with Crippen molar-refractivity contribution in [3.63, 3.8) is 0 Å². The second kappa shape index (κ2) is 8.83. The van der Waals surface area contributed by atoms with Crippen molar-refractivity contribution >= 4 is 38.1 Å². The number of carbonyl (C=O) groups is 1. The van der Waals surface area contributed by atoms with E-state index in [1.165, 1.54) is 11.4 Å². The lowest BCUT2D eigenvalue weighted by atomic mass is 10.0. The van der Waals surface area contributed by atoms with Crippen molar-refractivity contribution in [3.05, 3.63) is 96.1 Å². The molecule has 0 fully saturated rings. The molecule has 0 aromatic heterocycles. The molecule has 4 aromatic rings. The molecular formula is C27H24N2O4S. The van der Waals surface area contributed by atoms with E-state index < -0.39 is 10.0 Å². The van der Waals surface area contributed by atoms with Crippen LogP contribution in [0.25, 0.3) is 10.8 Å². The van der Waals surface area contributed by atoms with Crippen LogP contribution in [0.1, 0.15) is 22.3 Å². The smallest absolute Gasteiger partial charge is 0.264 e. The number of sulfonamides is 1. The number of ether oxygens (including phenoxy) is 1. The second-order valence-corrected chi connectivity index (χ2v) is 10.1. The number of hydrogen-bond donors (Lipinski definition) is 1. The van der Waals surface area contributed by atoms with Crippen LogP contribution in [-0.2, 0) is 16.4 Å². The van der Waals surface area contributed by atoms with Crippen molar-refractivity contribution in [2.75, 3.05) is 23.3 Å². The van der Waals surface area contributed by atoms with Gasteiger partial charge in [-0.05, 0) is 77.7 Å². The van der Waals surface area contributed by atoms with Gasteiger partial charge in [-0.2, -0.15) is 0 Å². The summed E-state index contributed by atoms with van der Waals surface area (Å²) in [5, 5.41) is 4.97. The molecule has 172 valence electrons. The molecular weight excluding hydrogens is 448 g/mol. The molecule has 0 atom stereocenters. The van der Waals surface area contributed by atoms with Crippen LogP contribution in [0.3, 0.4) is 0 Å². The monoisotopic (exact) mass is 472 g/mol. The summed E-state index contributed by atoms with van der Waals surface area (Å²) in [5.41, 5.74) is 2.62. The number of nitrogens with zero attached hydrogens (tertiary/aromatic N) is 1. The Morgan fingerprint density at radius 3 is 2.44 bits per heavy atom. The maximum absolute atomic E-state index is 13.4. The van der Waals surface area contributed by atoms with E-state index in [-0.39, 0.29) is 10.8 Å². The van der Waals surface area contributed by atoms with Crippen molar-refractivity contribution in [2.24, 2.45) is 0 Å². The van der Waals surface area contributed by atoms with Gasteiger partial charge in [0, 0.05) is 17.8 Å². The first-order valence-corrected chi connectivity index (χ1v) is 12.5. The number of amides is 1. The van der Waals surface area contributed by atoms with E-state index in [1.54, 1.807) is 36.4 Å². The summed E-state index contributed by atoms with van der Waals surface area (Å²) in [6.07, 6.45) is 1.51. The van der Waals surface area contributed by atoms with Gasteiger partial charge in [0.15, 0.2) is 0 Å². The maximum atomic E-state index is 13.4. The molecule has 1 heterocycles. The zero-order chi connectivity index (χ0) is 23.7. The zero-order valence-electron chi connectivity index (χ0n) is 18.7. The predicted molar refractivity (Wildman–Crippen MR) is 134 cm³/mol. The Hall–Kier alpha value is -3.84. The number of fused-ring (bicyclic) bond motifs is 2. The summed E-state index contributed by atoms with van der Waals surface area (Å²) in [7, 11) is -2.22. The van der Waals surface area contributed by atoms with Gasteiger partial charge in [0.05, 0.1) is 17.7 Å². The van der Waals surface area contributed by atoms with Gasteiger partial charge in [-0.3, -0.25) is 9.10 Å². The number of carbonyl (C=O) groups excluding carboxylic acids is 1. The molecule has 1 aliphatic rings. The topological polar surface area (TPSA) is 75.7 Å². The molecule has 0 aliphatic carbocycles. The minimum Gasteiger partial charge on any atom is -0.497 e. The summed E-state index contributed by atoms with van der Waals surface area (Å²) >= 11 is 0. The van der Waals surface area contributed by atoms with Crippen LogP contribution in [0, 0.1) is 0 Å². The van der Waals surface area contributed by atoms with Crippen molar-refractivity contribution in [1.29, 1.82) is 0 Å². The van der Waals surface area contributed by atoms with E-state index in [4.69, 9.17) is 4.74 Å². The molecule has 6 nitrogen and oxygen atoms in total. The Morgan fingerprint density at radius 2 is 1.68 bits per heavy atom. The number of nitrogens with one attached hydrogen (secondary N) is 1. The van der Waals surface area contributed by atoms with Crippen LogP contribution in [0.4, 0.5) is 11.4 Å². The quantitative estimate of drug-likeness (QED) is 0.431. The summed E-state index contributed by atoms with van der Waals surface area (Å²) in [5.74, 6) is 0.350. The molecule has 34 heavy (non-hydrogen) atoms. The highest BCUT2D eigenvalue weighted by atomic mass is 32.2. The van der Waals surface area contributed by atoms with Gasteiger partial charge in [-0.15, -0.1) is 0 Å². The average molecular weight is 473 g/mol. The van der Waals surface area contributed by atoms with E-state index in [0.717, 1.165) is 29.2 Å². The number of hydrogen-bond acceptors (Lipinski definition) is 4. The summed E-state index contributed by atoms with van der Waals surface area (Å²) in [6, 6.07) is 25.2. The first-order chi connectivity index (χ1) is 16.5. The van der Waals surface area contributed by atoms with E-state index in [1.807, 2.05) is 48.5 Å². The van der Waals surface area contributed by atoms with Gasteiger partial charge >= 0.3 is 0 Å². The molecule has 1 N–H and O–H groups in total. The fourth-order valence-electron chi connectivity index (χ4n) is 4.28. The van der Waals surface area contributed by atoms with Gasteiger partial charge in [-0.1, -0.05) is 36.4 Å². The third-order valence-electron chi connectivity index (χ3n) is 6.08. The standard InChI is InChI=1S/C27H24N2O4S/c1-33-24-12-14-25(15-13-24)34(31,32)29-16-4-7-20-10-11-23(18-26(20)29)28-27(30)22-9-8-19-5-2-3-6-21(19)17-22/h2-3,5-6,8-15,17-18H,4,7,16H2,1H3,(H,28,30). The summed E-state index contributed by atoms with van der Waals surface area (Å²) < 4.78 is 33.4. The normalized spacial score (nSPS) is 13.4. The lowest BCUT2D eigenvalue weighted by Crippen LogP contribution is -2.35. The number of anilines is 2. The molecule has 0 bridgehead atoms. The Labute approximate surface area is 198 Å². The molecule has 1 aliphatic heterocycles. The Morgan fingerprint density at radius 1 is 0.912 bits per heavy atom. The summed E-state index contributed by atoms with van der Waals surface area (Å²) in [6.45, 7) is 0.378. The fourth-order valence-corrected chi connectivity index (χ4v) is 5.81. The first kappa shape index (κ1) is 22.0. The van der Waals surface area contributed by atoms with Gasteiger partial charge < -0.3 is 10.1 Å². The number of aryl methyl sites for hydroxylation is 1. The third kappa shape index (κ3) is 4.10. The van der Waals surface area contributed by atoms with E-state index in [2.05, 4.69) is 5.32 Å². The predicted octanol–water partition coefficient (Wildman–Crippen LogP) is 5.24. The van der Waals surface area contributed by atoms with Gasteiger partial charge in [0.2, 0.25) is 0 Å². The van der Waals surface area contributed by atoms with Crippen LogP contribution in [-0.4, -0.2) is 28.0 Å². The minimum atomic E-state index is -3.76. The molecule has 0 saturated carbocycles. The van der Waals surface area contributed by atoms with Crippen molar-refractivity contribution in [2.45, 2.75) is 17.7 Å². The van der Waals surface area contributed by atoms with Crippen LogP contribution in [0.5, 0.6) is 5.75 Å². The van der Waals surface area contributed by atoms with Crippen LogP contribution in [0.15, 0.2) is 89.8 Å². The maximum Gasteiger partial charge on any atom is 0.264 e. The minimum absolute atomic E-state index is 0.201. The average Bonchev–Trinajstić information content (AvgIpc) is 2.88. The third-order valence-corrected chi connectivity index (χ3v) is 7.91. The molecule has 5 rings (SSSR count). The van der Waals surface area contributed by atoms with Gasteiger partial charge in [0.25, 0.3) is 15.9 Å². The number of methoxy groups -OCH3 is 1. The van der Waals surface area contributed by atoms with Gasteiger partial charge in [-0.25, -0.2) is 8.42 Å². The fraction of sp³-hybridized carbons (Fsp3) is 0.148. The Bertz CT molecular complexity index is 1480. The molecule has 1 amide bonds. The zero-order valence-corrected chi connectivity index (χ0v) is 19.5. The number of rotatable bonds is 5. The molecule has 0 unspecified atom stereocenters. The SMILES string of the molecule is COc1ccc(S(=O)(=O)N2CCCc3ccc(NC(=O)c4ccc5ccccc5c4)cc32)cc1. The molecule has 4 aromatic carbocycles. The Balaban J connectivity index is 1.44. The van der Waals surface area contributed by atoms with Crippen LogP contribution in [0.2, 0.25) is 0 Å². The van der Waals surface area contributed by atoms with Crippen molar-refractivity contribution < 1.29 is 17.9 Å². The second-order valence-electron chi connectivity index (χ2n) is 8.22. The lowest BCUT2D eigenvalue weighted by molar-refractivity contribution is 0.102. The van der Waals surface area contributed by atoms with Crippen LogP contribution >= 0.6 is 0 Å². The highest BCUT2D eigenvalue weighted by Crippen LogP contribution is 2.34. The van der Waals surface area contributed by atoms with Crippen LogP contribution < -0.4 is 14.4 Å². The van der Waals surface area contributed by atoms with E-state index >= 15 is 0 Å². The van der Waals surface area contributed by atoms with Crippen molar-refractivity contribution in [1.82, 2.24) is 0 Å². The first-order valence-electron chi connectivity index (χ1n) is 11.1. The highest BCUT2D eigenvalue weighted by Gasteiger charge is 2.29. The largest absolute Gasteiger partial charge is 0.497 e. The Kier molecular flexibility index (Phi) is 5.71. The van der Waals surface area contributed by atoms with Crippen molar-refractivity contribution in [3.8, 4) is 5.75 Å². The molecule has 7 heteroatoms. The van der Waals surface area contributed by atoms with E-state index in [0.29, 0.717) is 29.2 Å².